The van der Waals surface area contributed by atoms with Crippen molar-refractivity contribution in [2.24, 2.45) is 11.8 Å². The highest BCUT2D eigenvalue weighted by molar-refractivity contribution is 5.23. The van der Waals surface area contributed by atoms with E-state index in [-0.39, 0.29) is 24.8 Å². The van der Waals surface area contributed by atoms with E-state index in [1.165, 1.54) is 11.1 Å². The first kappa shape index (κ1) is 15.4. The van der Waals surface area contributed by atoms with E-state index < -0.39 is 5.92 Å². The van der Waals surface area contributed by atoms with Gasteiger partial charge >= 0.3 is 0 Å². The third kappa shape index (κ3) is 4.00. The number of benzene rings is 1. The number of halogens is 2. The molecule has 1 aliphatic rings. The Hall–Kier alpha value is -1.00. The minimum absolute atomic E-state index is 0.00931. The number of hydrogen-bond acceptors (Lipinski definition) is 2. The third-order valence-corrected chi connectivity index (χ3v) is 4.43. The summed E-state index contributed by atoms with van der Waals surface area (Å²) in [7, 11) is 0. The number of nitrogens with two attached hydrogens (primary N) is 1. The van der Waals surface area contributed by atoms with Crippen LogP contribution >= 0.6 is 0 Å². The van der Waals surface area contributed by atoms with Crippen molar-refractivity contribution >= 4 is 0 Å². The van der Waals surface area contributed by atoms with Crippen molar-refractivity contribution in [2.45, 2.75) is 57.4 Å². The van der Waals surface area contributed by atoms with Gasteiger partial charge in [-0.1, -0.05) is 31.2 Å². The highest BCUT2D eigenvalue weighted by atomic mass is 19.3. The molecule has 20 heavy (non-hydrogen) atoms. The minimum atomic E-state index is -2.47. The van der Waals surface area contributed by atoms with Crippen LogP contribution in [-0.2, 0) is 12.8 Å². The topological polar surface area (TPSA) is 38.0 Å². The molecule has 4 heteroatoms. The Balaban J connectivity index is 1.94. The van der Waals surface area contributed by atoms with Crippen molar-refractivity contribution in [3.63, 3.8) is 0 Å². The summed E-state index contributed by atoms with van der Waals surface area (Å²) in [6.45, 7) is 2.13. The van der Waals surface area contributed by atoms with E-state index in [1.54, 1.807) is 0 Å². The predicted octanol–water partition coefficient (Wildman–Crippen LogP) is 3.45. The van der Waals surface area contributed by atoms with Crippen LogP contribution < -0.4 is 11.3 Å². The lowest BCUT2D eigenvalue weighted by Crippen LogP contribution is -2.44. The quantitative estimate of drug-likeness (QED) is 0.641. The Kier molecular flexibility index (Phi) is 5.11. The van der Waals surface area contributed by atoms with E-state index in [4.69, 9.17) is 5.84 Å². The van der Waals surface area contributed by atoms with Crippen molar-refractivity contribution in [3.05, 3.63) is 35.4 Å². The van der Waals surface area contributed by atoms with Crippen LogP contribution in [0.25, 0.3) is 0 Å². The summed E-state index contributed by atoms with van der Waals surface area (Å²) in [5.74, 6) is 3.41. The average Bonchev–Trinajstić information content (AvgIpc) is 2.46. The van der Waals surface area contributed by atoms with Gasteiger partial charge in [-0.25, -0.2) is 8.78 Å². The first-order chi connectivity index (χ1) is 9.54. The van der Waals surface area contributed by atoms with Crippen LogP contribution in [0.1, 0.15) is 43.7 Å². The molecule has 1 aliphatic carbocycles. The zero-order chi connectivity index (χ0) is 14.6. The second kappa shape index (κ2) is 6.64. The molecule has 1 aromatic carbocycles. The summed E-state index contributed by atoms with van der Waals surface area (Å²) in [6.07, 6.45) is 2.91. The molecule has 2 rings (SSSR count). The Bertz CT molecular complexity index is 407. The molecule has 0 spiro atoms. The van der Waals surface area contributed by atoms with Crippen molar-refractivity contribution in [3.8, 4) is 0 Å². The molecule has 1 saturated carbocycles. The number of hydrogen-bond donors (Lipinski definition) is 2. The van der Waals surface area contributed by atoms with E-state index >= 15 is 0 Å². The van der Waals surface area contributed by atoms with Crippen molar-refractivity contribution in [1.82, 2.24) is 5.43 Å². The SMILES string of the molecule is CCc1ccc(CC(NN)C2CCC(F)(F)CC2)cc1. The molecule has 1 fully saturated rings. The van der Waals surface area contributed by atoms with Crippen molar-refractivity contribution in [1.29, 1.82) is 0 Å². The van der Waals surface area contributed by atoms with Crippen LogP contribution in [0, 0.1) is 5.92 Å². The lowest BCUT2D eigenvalue weighted by molar-refractivity contribution is -0.0495. The molecule has 0 radical (unpaired) electrons. The van der Waals surface area contributed by atoms with Gasteiger partial charge in [0.05, 0.1) is 0 Å². The highest BCUT2D eigenvalue weighted by Crippen LogP contribution is 2.37. The molecular formula is C16H24F2N2. The molecular weight excluding hydrogens is 258 g/mol. The summed E-state index contributed by atoms with van der Waals surface area (Å²) in [5.41, 5.74) is 5.35. The van der Waals surface area contributed by atoms with E-state index in [2.05, 4.69) is 36.6 Å². The molecule has 0 bridgehead atoms. The number of alkyl halides is 2. The molecule has 112 valence electrons. The van der Waals surface area contributed by atoms with E-state index in [9.17, 15) is 8.78 Å². The standard InChI is InChI=1S/C16H24F2N2/c1-2-12-3-5-13(6-4-12)11-15(20-19)14-7-9-16(17,18)10-8-14/h3-6,14-15,20H,2,7-11,19H2,1H3. The normalized spacial score (nSPS) is 20.8. The smallest absolute Gasteiger partial charge is 0.248 e. The number of hydrazine groups is 1. The first-order valence-corrected chi connectivity index (χ1v) is 7.46. The largest absolute Gasteiger partial charge is 0.271 e. The monoisotopic (exact) mass is 282 g/mol. The van der Waals surface area contributed by atoms with Gasteiger partial charge in [0, 0.05) is 18.9 Å². The van der Waals surface area contributed by atoms with Crippen molar-refractivity contribution in [2.75, 3.05) is 0 Å². The minimum Gasteiger partial charge on any atom is -0.271 e. The fraction of sp³-hybridized carbons (Fsp3) is 0.625. The van der Waals surface area contributed by atoms with Gasteiger partial charge in [-0.2, -0.15) is 0 Å². The number of nitrogens with one attached hydrogen (secondary N) is 1. The third-order valence-electron chi connectivity index (χ3n) is 4.43. The van der Waals surface area contributed by atoms with Gasteiger partial charge in [0.25, 0.3) is 0 Å². The maximum Gasteiger partial charge on any atom is 0.248 e. The van der Waals surface area contributed by atoms with Gasteiger partial charge in [0.15, 0.2) is 0 Å². The zero-order valence-electron chi connectivity index (χ0n) is 12.0. The second-order valence-electron chi connectivity index (χ2n) is 5.84. The number of rotatable bonds is 5. The molecule has 3 N–H and O–H groups in total. The Morgan fingerprint density at radius 1 is 1.20 bits per heavy atom. The molecule has 0 aromatic heterocycles. The molecule has 1 unspecified atom stereocenters. The molecule has 1 atom stereocenters. The highest BCUT2D eigenvalue weighted by Gasteiger charge is 2.37. The van der Waals surface area contributed by atoms with Crippen LogP contribution in [0.5, 0.6) is 0 Å². The van der Waals surface area contributed by atoms with Crippen LogP contribution in [0.3, 0.4) is 0 Å². The second-order valence-corrected chi connectivity index (χ2v) is 5.84. The summed E-state index contributed by atoms with van der Waals surface area (Å²) >= 11 is 0. The number of aryl methyl sites for hydroxylation is 1. The molecule has 0 saturated heterocycles. The maximum atomic E-state index is 13.2. The molecule has 0 heterocycles. The fourth-order valence-electron chi connectivity index (χ4n) is 2.99. The van der Waals surface area contributed by atoms with Gasteiger partial charge in [0.1, 0.15) is 0 Å². The Morgan fingerprint density at radius 3 is 2.25 bits per heavy atom. The summed E-state index contributed by atoms with van der Waals surface area (Å²) < 4.78 is 26.4. The fourth-order valence-corrected chi connectivity index (χ4v) is 2.99. The van der Waals surface area contributed by atoms with Gasteiger partial charge in [-0.05, 0) is 42.7 Å². The lowest BCUT2D eigenvalue weighted by atomic mass is 9.80. The van der Waals surface area contributed by atoms with E-state index in [0.717, 1.165) is 12.8 Å². The van der Waals surface area contributed by atoms with Crippen LogP contribution in [-0.4, -0.2) is 12.0 Å². The lowest BCUT2D eigenvalue weighted by Gasteiger charge is -2.33. The van der Waals surface area contributed by atoms with Crippen LogP contribution in [0.4, 0.5) is 8.78 Å². The zero-order valence-corrected chi connectivity index (χ0v) is 12.0. The summed E-state index contributed by atoms with van der Waals surface area (Å²) in [6, 6.07) is 8.55. The molecule has 0 amide bonds. The van der Waals surface area contributed by atoms with E-state index in [1.807, 2.05) is 0 Å². The van der Waals surface area contributed by atoms with Gasteiger partial charge in [-0.15, -0.1) is 0 Å². The molecule has 1 aromatic rings. The Morgan fingerprint density at radius 2 is 1.75 bits per heavy atom. The predicted molar refractivity (Wildman–Crippen MR) is 77.5 cm³/mol. The average molecular weight is 282 g/mol. The van der Waals surface area contributed by atoms with Crippen molar-refractivity contribution < 1.29 is 8.78 Å². The summed E-state index contributed by atoms with van der Waals surface area (Å²) in [5, 5.41) is 0. The summed E-state index contributed by atoms with van der Waals surface area (Å²) in [4.78, 5) is 0. The van der Waals surface area contributed by atoms with Gasteiger partial charge < -0.3 is 0 Å². The van der Waals surface area contributed by atoms with Gasteiger partial charge in [-0.3, -0.25) is 11.3 Å². The molecule has 2 nitrogen and oxygen atoms in total. The van der Waals surface area contributed by atoms with Crippen LogP contribution in [0.2, 0.25) is 0 Å². The van der Waals surface area contributed by atoms with E-state index in [0.29, 0.717) is 12.8 Å². The Labute approximate surface area is 119 Å². The first-order valence-electron chi connectivity index (χ1n) is 7.46. The van der Waals surface area contributed by atoms with Crippen LogP contribution in [0.15, 0.2) is 24.3 Å². The molecule has 0 aliphatic heterocycles. The van der Waals surface area contributed by atoms with Gasteiger partial charge in [0.2, 0.25) is 5.92 Å². The maximum absolute atomic E-state index is 13.2.